The third-order valence-electron chi connectivity index (χ3n) is 4.68. The number of benzene rings is 1. The number of hydrogen-bond acceptors (Lipinski definition) is 4. The molecule has 0 aliphatic heterocycles. The fraction of sp³-hybridized carbons (Fsp3) is 0.263. The van der Waals surface area contributed by atoms with Crippen molar-refractivity contribution < 1.29 is 18.0 Å². The molecule has 0 saturated heterocycles. The summed E-state index contributed by atoms with van der Waals surface area (Å²) in [5.74, 6) is -1.26. The zero-order valence-corrected chi connectivity index (χ0v) is 14.8. The van der Waals surface area contributed by atoms with Crippen molar-refractivity contribution in [1.29, 1.82) is 0 Å². The van der Waals surface area contributed by atoms with Crippen LogP contribution in [0.25, 0.3) is 11.3 Å². The number of nitrogens with one attached hydrogen (secondary N) is 1. The van der Waals surface area contributed by atoms with E-state index in [4.69, 9.17) is 0 Å². The Morgan fingerprint density at radius 1 is 1.25 bits per heavy atom. The Kier molecular flexibility index (Phi) is 4.37. The average Bonchev–Trinajstić information content (AvgIpc) is 3.35. The highest BCUT2D eigenvalue weighted by molar-refractivity contribution is 5.94. The van der Waals surface area contributed by atoms with E-state index in [0.717, 1.165) is 11.6 Å². The summed E-state index contributed by atoms with van der Waals surface area (Å²) in [6.45, 7) is 0. The summed E-state index contributed by atoms with van der Waals surface area (Å²) in [7, 11) is 1.78. The van der Waals surface area contributed by atoms with E-state index in [1.54, 1.807) is 36.3 Å². The molecule has 1 amide bonds. The van der Waals surface area contributed by atoms with Gasteiger partial charge in [-0.2, -0.15) is 18.3 Å². The number of alkyl halides is 3. The Balaban J connectivity index is 1.48. The van der Waals surface area contributed by atoms with Gasteiger partial charge in [-0.05, 0) is 30.0 Å². The summed E-state index contributed by atoms with van der Waals surface area (Å²) in [5.41, 5.74) is 0.822. The zero-order valence-electron chi connectivity index (χ0n) is 14.8. The first-order chi connectivity index (χ1) is 13.3. The van der Waals surface area contributed by atoms with Crippen molar-refractivity contribution in [3.05, 3.63) is 60.0 Å². The summed E-state index contributed by atoms with van der Waals surface area (Å²) in [5, 5.41) is 6.68. The van der Waals surface area contributed by atoms with Crippen LogP contribution in [0.15, 0.2) is 48.9 Å². The van der Waals surface area contributed by atoms with Crippen LogP contribution in [0.2, 0.25) is 0 Å². The maximum absolute atomic E-state index is 13.2. The minimum Gasteiger partial charge on any atom is -0.294 e. The highest BCUT2D eigenvalue weighted by atomic mass is 19.4. The number of aromatic nitrogens is 4. The molecule has 144 valence electrons. The molecule has 1 fully saturated rings. The lowest BCUT2D eigenvalue weighted by Crippen LogP contribution is -2.17. The second-order valence-electron chi connectivity index (χ2n) is 6.69. The number of amides is 1. The molecule has 1 saturated carbocycles. The topological polar surface area (TPSA) is 72.7 Å². The highest BCUT2D eigenvalue weighted by Gasteiger charge is 2.48. The summed E-state index contributed by atoms with van der Waals surface area (Å²) < 4.78 is 41.2. The number of halogens is 3. The molecule has 0 unspecified atom stereocenters. The van der Waals surface area contributed by atoms with Gasteiger partial charge in [0.05, 0.1) is 17.5 Å². The first kappa shape index (κ1) is 18.1. The van der Waals surface area contributed by atoms with Gasteiger partial charge in [0.15, 0.2) is 0 Å². The number of carbonyl (C=O) groups excluding carboxylic acids is 1. The van der Waals surface area contributed by atoms with Crippen LogP contribution in [0.1, 0.15) is 23.5 Å². The number of rotatable bonds is 4. The Morgan fingerprint density at radius 3 is 2.75 bits per heavy atom. The van der Waals surface area contributed by atoms with Crippen molar-refractivity contribution in [1.82, 2.24) is 19.7 Å². The van der Waals surface area contributed by atoms with E-state index in [1.807, 2.05) is 0 Å². The smallest absolute Gasteiger partial charge is 0.294 e. The van der Waals surface area contributed by atoms with E-state index in [2.05, 4.69) is 20.4 Å². The Labute approximate surface area is 158 Å². The van der Waals surface area contributed by atoms with Crippen molar-refractivity contribution in [3.8, 4) is 11.3 Å². The number of carbonyl (C=O) groups is 1. The molecule has 1 N–H and O–H groups in total. The van der Waals surface area contributed by atoms with Gasteiger partial charge < -0.3 is 0 Å². The molecule has 2 heterocycles. The van der Waals surface area contributed by atoms with Crippen molar-refractivity contribution >= 4 is 11.9 Å². The standard InChI is InChI=1S/C19H16F3N5O/c1-27-10-11(9-24-27)16-6-7-23-18(25-16)26-17(28)14-8-13(14)12-4-2-3-5-15(12)19(20,21)22/h2-7,9-10,13-14H,8H2,1H3,(H,23,25,26,28)/t13-,14-/m1/s1. The van der Waals surface area contributed by atoms with Crippen molar-refractivity contribution in [3.63, 3.8) is 0 Å². The molecule has 0 bridgehead atoms. The van der Waals surface area contributed by atoms with Crippen molar-refractivity contribution in [2.75, 3.05) is 5.32 Å². The first-order valence-electron chi connectivity index (χ1n) is 8.62. The fourth-order valence-electron chi connectivity index (χ4n) is 3.24. The van der Waals surface area contributed by atoms with Gasteiger partial charge in [-0.1, -0.05) is 18.2 Å². The van der Waals surface area contributed by atoms with Crippen LogP contribution in [0.3, 0.4) is 0 Å². The molecular weight excluding hydrogens is 371 g/mol. The van der Waals surface area contributed by atoms with Crippen LogP contribution in [0.5, 0.6) is 0 Å². The maximum atomic E-state index is 13.2. The van der Waals surface area contributed by atoms with Gasteiger partial charge in [0.25, 0.3) is 0 Å². The number of hydrogen-bond donors (Lipinski definition) is 1. The first-order valence-corrected chi connectivity index (χ1v) is 8.62. The largest absolute Gasteiger partial charge is 0.416 e. The fourth-order valence-corrected chi connectivity index (χ4v) is 3.24. The van der Waals surface area contributed by atoms with E-state index >= 15 is 0 Å². The molecule has 1 aliphatic rings. The lowest BCUT2D eigenvalue weighted by Gasteiger charge is -2.12. The Morgan fingerprint density at radius 2 is 2.04 bits per heavy atom. The Hall–Kier alpha value is -3.23. The molecule has 1 aromatic carbocycles. The molecular formula is C19H16F3N5O. The predicted molar refractivity (Wildman–Crippen MR) is 95.2 cm³/mol. The van der Waals surface area contributed by atoms with E-state index in [9.17, 15) is 18.0 Å². The molecule has 4 rings (SSSR count). The van der Waals surface area contributed by atoms with Crippen LogP contribution in [-0.4, -0.2) is 25.7 Å². The predicted octanol–water partition coefficient (Wildman–Crippen LogP) is 3.64. The summed E-state index contributed by atoms with van der Waals surface area (Å²) in [6.07, 6.45) is 0.842. The molecule has 3 aromatic rings. The van der Waals surface area contributed by atoms with Crippen LogP contribution >= 0.6 is 0 Å². The molecule has 0 spiro atoms. The summed E-state index contributed by atoms with van der Waals surface area (Å²) >= 11 is 0. The van der Waals surface area contributed by atoms with Crippen LogP contribution < -0.4 is 5.32 Å². The van der Waals surface area contributed by atoms with Gasteiger partial charge in [-0.15, -0.1) is 0 Å². The number of aryl methyl sites for hydroxylation is 1. The van der Waals surface area contributed by atoms with Gasteiger partial charge >= 0.3 is 6.18 Å². The second-order valence-corrected chi connectivity index (χ2v) is 6.69. The molecule has 0 radical (unpaired) electrons. The van der Waals surface area contributed by atoms with Crippen LogP contribution in [0.4, 0.5) is 19.1 Å². The van der Waals surface area contributed by atoms with Gasteiger partial charge in [-0.3, -0.25) is 14.8 Å². The van der Waals surface area contributed by atoms with Crippen LogP contribution in [0, 0.1) is 5.92 Å². The van der Waals surface area contributed by atoms with E-state index in [-0.39, 0.29) is 17.4 Å². The van der Waals surface area contributed by atoms with Crippen molar-refractivity contribution in [2.24, 2.45) is 13.0 Å². The minimum atomic E-state index is -4.44. The maximum Gasteiger partial charge on any atom is 0.416 e. The van der Waals surface area contributed by atoms with Gasteiger partial charge in [-0.25, -0.2) is 9.97 Å². The summed E-state index contributed by atoms with van der Waals surface area (Å²) in [4.78, 5) is 20.8. The molecule has 28 heavy (non-hydrogen) atoms. The van der Waals surface area contributed by atoms with Crippen LogP contribution in [-0.2, 0) is 18.0 Å². The third-order valence-corrected chi connectivity index (χ3v) is 4.68. The van der Waals surface area contributed by atoms with E-state index in [1.165, 1.54) is 18.3 Å². The third kappa shape index (κ3) is 3.60. The molecule has 9 heteroatoms. The quantitative estimate of drug-likeness (QED) is 0.742. The second kappa shape index (κ2) is 6.74. The number of nitrogens with zero attached hydrogens (tertiary/aromatic N) is 4. The highest BCUT2D eigenvalue weighted by Crippen LogP contribution is 2.51. The zero-order chi connectivity index (χ0) is 19.9. The average molecular weight is 387 g/mol. The van der Waals surface area contributed by atoms with Gasteiger partial charge in [0, 0.05) is 30.9 Å². The Bertz CT molecular complexity index is 1030. The number of anilines is 1. The van der Waals surface area contributed by atoms with E-state index < -0.39 is 23.6 Å². The lowest BCUT2D eigenvalue weighted by molar-refractivity contribution is -0.138. The normalized spacial score (nSPS) is 18.7. The van der Waals surface area contributed by atoms with Crippen molar-refractivity contribution in [2.45, 2.75) is 18.5 Å². The van der Waals surface area contributed by atoms with Gasteiger partial charge in [0.2, 0.25) is 11.9 Å². The SMILES string of the molecule is Cn1cc(-c2ccnc(NC(=O)[C@@H]3C[C@@H]3c3ccccc3C(F)(F)F)n2)cn1. The molecule has 6 nitrogen and oxygen atoms in total. The van der Waals surface area contributed by atoms with E-state index in [0.29, 0.717) is 12.1 Å². The molecule has 1 aliphatic carbocycles. The summed E-state index contributed by atoms with van der Waals surface area (Å²) in [6, 6.07) is 7.06. The molecule has 2 aromatic heterocycles. The minimum absolute atomic E-state index is 0.112. The lowest BCUT2D eigenvalue weighted by atomic mass is 10.0. The molecule has 2 atom stereocenters. The monoisotopic (exact) mass is 387 g/mol. The van der Waals surface area contributed by atoms with Gasteiger partial charge in [0.1, 0.15) is 0 Å².